The molecule has 0 aromatic carbocycles. The molecule has 19 heavy (non-hydrogen) atoms. The van der Waals surface area contributed by atoms with E-state index in [2.05, 4.69) is 16.6 Å². The molecule has 0 bridgehead atoms. The minimum absolute atomic E-state index is 0.0770. The van der Waals surface area contributed by atoms with E-state index in [-0.39, 0.29) is 12.6 Å². The Hall–Kier alpha value is -0.910. The molecular weight excluding hydrogens is 282 g/mol. The first-order valence-corrected chi connectivity index (χ1v) is 8.12. The molecule has 3 N–H and O–H groups in total. The van der Waals surface area contributed by atoms with E-state index in [1.165, 1.54) is 15.6 Å². The molecule has 5 nitrogen and oxygen atoms in total. The Morgan fingerprint density at radius 1 is 1.47 bits per heavy atom. The van der Waals surface area contributed by atoms with Gasteiger partial charge in [0.1, 0.15) is 0 Å². The zero-order valence-electron chi connectivity index (χ0n) is 11.3. The SMILES string of the molecule is CC(C)N(C)S(=O)(=O)NCc1ccc(C#CCN)s1. The average Bonchev–Trinajstić information content (AvgIpc) is 2.81. The van der Waals surface area contributed by atoms with E-state index in [4.69, 9.17) is 5.73 Å². The quantitative estimate of drug-likeness (QED) is 0.787. The second-order valence-electron chi connectivity index (χ2n) is 4.21. The summed E-state index contributed by atoms with van der Waals surface area (Å²) >= 11 is 1.46. The molecule has 0 aliphatic heterocycles. The summed E-state index contributed by atoms with van der Waals surface area (Å²) in [5.41, 5.74) is 5.29. The summed E-state index contributed by atoms with van der Waals surface area (Å²) in [6.07, 6.45) is 0. The van der Waals surface area contributed by atoms with Crippen LogP contribution in [0.25, 0.3) is 0 Å². The molecule has 1 aromatic rings. The van der Waals surface area contributed by atoms with Crippen LogP contribution in [0.3, 0.4) is 0 Å². The topological polar surface area (TPSA) is 75.4 Å². The molecule has 0 aliphatic rings. The molecule has 106 valence electrons. The standard InChI is InChI=1S/C12H19N3O2S2/c1-10(2)15(3)19(16,17)14-9-12-7-6-11(18-12)5-4-8-13/h6-7,10,14H,8-9,13H2,1-3H3. The minimum atomic E-state index is -3.43. The Labute approximate surface area is 119 Å². The Kier molecular flexibility index (Phi) is 5.97. The first-order chi connectivity index (χ1) is 8.86. The zero-order valence-corrected chi connectivity index (χ0v) is 12.9. The molecule has 0 fully saturated rings. The molecule has 0 spiro atoms. The first kappa shape index (κ1) is 16.1. The fourth-order valence-electron chi connectivity index (χ4n) is 1.22. The van der Waals surface area contributed by atoms with Gasteiger partial charge in [-0.2, -0.15) is 17.4 Å². The molecule has 1 aromatic heterocycles. The number of rotatable bonds is 5. The van der Waals surface area contributed by atoms with Crippen molar-refractivity contribution in [2.75, 3.05) is 13.6 Å². The van der Waals surface area contributed by atoms with E-state index in [1.54, 1.807) is 7.05 Å². The fourth-order valence-corrected chi connectivity index (χ4v) is 3.23. The van der Waals surface area contributed by atoms with Crippen molar-refractivity contribution in [3.05, 3.63) is 21.9 Å². The van der Waals surface area contributed by atoms with E-state index in [1.807, 2.05) is 26.0 Å². The summed E-state index contributed by atoms with van der Waals surface area (Å²) in [6, 6.07) is 3.65. The van der Waals surface area contributed by atoms with Gasteiger partial charge in [0.25, 0.3) is 10.2 Å². The second kappa shape index (κ2) is 7.03. The predicted molar refractivity (Wildman–Crippen MR) is 78.9 cm³/mol. The Balaban J connectivity index is 2.64. The van der Waals surface area contributed by atoms with Crippen LogP contribution in [-0.4, -0.2) is 32.4 Å². The highest BCUT2D eigenvalue weighted by molar-refractivity contribution is 7.87. The minimum Gasteiger partial charge on any atom is -0.320 e. The second-order valence-corrected chi connectivity index (χ2v) is 7.19. The summed E-state index contributed by atoms with van der Waals surface area (Å²) in [7, 11) is -1.88. The third kappa shape index (κ3) is 4.93. The first-order valence-electron chi connectivity index (χ1n) is 5.87. The zero-order chi connectivity index (χ0) is 14.5. The Morgan fingerprint density at radius 2 is 2.16 bits per heavy atom. The molecule has 0 saturated carbocycles. The monoisotopic (exact) mass is 301 g/mol. The number of hydrogen-bond donors (Lipinski definition) is 2. The highest BCUT2D eigenvalue weighted by atomic mass is 32.2. The summed E-state index contributed by atoms with van der Waals surface area (Å²) in [5, 5.41) is 0. The summed E-state index contributed by atoms with van der Waals surface area (Å²) in [4.78, 5) is 1.80. The van der Waals surface area contributed by atoms with Gasteiger partial charge in [-0.3, -0.25) is 0 Å². The van der Waals surface area contributed by atoms with Crippen LogP contribution in [0, 0.1) is 11.8 Å². The van der Waals surface area contributed by atoms with Crippen LogP contribution in [0.5, 0.6) is 0 Å². The van der Waals surface area contributed by atoms with Crippen molar-refractivity contribution >= 4 is 21.5 Å². The average molecular weight is 301 g/mol. The number of thiophene rings is 1. The molecule has 0 saturated heterocycles. The number of hydrogen-bond acceptors (Lipinski definition) is 4. The summed E-state index contributed by atoms with van der Waals surface area (Å²) in [5.74, 6) is 5.68. The lowest BCUT2D eigenvalue weighted by Crippen LogP contribution is -2.41. The Bertz CT molecular complexity index is 567. The van der Waals surface area contributed by atoms with Crippen LogP contribution in [0.2, 0.25) is 0 Å². The van der Waals surface area contributed by atoms with E-state index in [9.17, 15) is 8.42 Å². The van der Waals surface area contributed by atoms with Crippen LogP contribution in [-0.2, 0) is 16.8 Å². The van der Waals surface area contributed by atoms with E-state index in [0.717, 1.165) is 9.75 Å². The molecular formula is C12H19N3O2S2. The van der Waals surface area contributed by atoms with Crippen molar-refractivity contribution in [1.29, 1.82) is 0 Å². The molecule has 0 atom stereocenters. The van der Waals surface area contributed by atoms with Crippen LogP contribution in [0.15, 0.2) is 12.1 Å². The normalized spacial score (nSPS) is 11.7. The van der Waals surface area contributed by atoms with Crippen LogP contribution >= 0.6 is 11.3 Å². The maximum atomic E-state index is 11.9. The molecule has 0 radical (unpaired) electrons. The largest absolute Gasteiger partial charge is 0.320 e. The highest BCUT2D eigenvalue weighted by Crippen LogP contribution is 2.15. The van der Waals surface area contributed by atoms with Crippen molar-refractivity contribution in [3.8, 4) is 11.8 Å². The van der Waals surface area contributed by atoms with Crippen molar-refractivity contribution in [2.24, 2.45) is 5.73 Å². The van der Waals surface area contributed by atoms with Crippen LogP contribution in [0.1, 0.15) is 23.6 Å². The number of nitrogens with zero attached hydrogens (tertiary/aromatic N) is 1. The van der Waals surface area contributed by atoms with Gasteiger partial charge in [0.05, 0.1) is 11.4 Å². The van der Waals surface area contributed by atoms with Crippen LogP contribution in [0.4, 0.5) is 0 Å². The third-order valence-corrected chi connectivity index (χ3v) is 5.20. The highest BCUT2D eigenvalue weighted by Gasteiger charge is 2.19. The lowest BCUT2D eigenvalue weighted by atomic mass is 10.4. The van der Waals surface area contributed by atoms with Gasteiger partial charge in [-0.25, -0.2) is 0 Å². The molecule has 7 heteroatoms. The molecule has 0 amide bonds. The molecule has 1 heterocycles. The lowest BCUT2D eigenvalue weighted by Gasteiger charge is -2.20. The van der Waals surface area contributed by atoms with Crippen molar-refractivity contribution in [2.45, 2.75) is 26.4 Å². The lowest BCUT2D eigenvalue weighted by molar-refractivity contribution is 0.402. The smallest absolute Gasteiger partial charge is 0.279 e. The van der Waals surface area contributed by atoms with Crippen molar-refractivity contribution < 1.29 is 8.42 Å². The third-order valence-electron chi connectivity index (χ3n) is 2.51. The molecule has 1 rings (SSSR count). The van der Waals surface area contributed by atoms with E-state index in [0.29, 0.717) is 6.54 Å². The van der Waals surface area contributed by atoms with Crippen LogP contribution < -0.4 is 10.5 Å². The summed E-state index contributed by atoms with van der Waals surface area (Å²) in [6.45, 7) is 4.24. The van der Waals surface area contributed by atoms with Gasteiger partial charge in [-0.05, 0) is 26.0 Å². The van der Waals surface area contributed by atoms with Gasteiger partial charge < -0.3 is 5.73 Å². The van der Waals surface area contributed by atoms with Crippen molar-refractivity contribution in [1.82, 2.24) is 9.03 Å². The van der Waals surface area contributed by atoms with Gasteiger partial charge in [-0.1, -0.05) is 11.8 Å². The maximum Gasteiger partial charge on any atom is 0.279 e. The maximum absolute atomic E-state index is 11.9. The van der Waals surface area contributed by atoms with E-state index < -0.39 is 10.2 Å². The molecule has 0 aliphatic carbocycles. The predicted octanol–water partition coefficient (Wildman–Crippen LogP) is 0.733. The molecule has 0 unspecified atom stereocenters. The summed E-state index contributed by atoms with van der Waals surface area (Å²) < 4.78 is 27.7. The van der Waals surface area contributed by atoms with Crippen molar-refractivity contribution in [3.63, 3.8) is 0 Å². The van der Waals surface area contributed by atoms with Gasteiger partial charge in [0, 0.05) is 24.5 Å². The number of nitrogens with two attached hydrogens (primary N) is 1. The number of nitrogens with one attached hydrogen (secondary N) is 1. The van der Waals surface area contributed by atoms with Gasteiger partial charge >= 0.3 is 0 Å². The Morgan fingerprint density at radius 3 is 2.74 bits per heavy atom. The van der Waals surface area contributed by atoms with Gasteiger partial charge in [-0.15, -0.1) is 11.3 Å². The van der Waals surface area contributed by atoms with E-state index >= 15 is 0 Å². The van der Waals surface area contributed by atoms with Gasteiger partial charge in [0.15, 0.2) is 0 Å². The fraction of sp³-hybridized carbons (Fsp3) is 0.500. The van der Waals surface area contributed by atoms with Gasteiger partial charge in [0.2, 0.25) is 0 Å².